The number of nitriles is 1. The van der Waals surface area contributed by atoms with Crippen LogP contribution in [0.1, 0.15) is 42.6 Å². The fraction of sp³-hybridized carbons (Fsp3) is 0.292. The normalized spacial score (nSPS) is 14.6. The van der Waals surface area contributed by atoms with Crippen molar-refractivity contribution in [2.24, 2.45) is 5.92 Å². The van der Waals surface area contributed by atoms with Crippen molar-refractivity contribution in [2.75, 3.05) is 11.4 Å². The van der Waals surface area contributed by atoms with Crippen LogP contribution >= 0.6 is 11.6 Å². The van der Waals surface area contributed by atoms with Gasteiger partial charge in [-0.15, -0.1) is 0 Å². The summed E-state index contributed by atoms with van der Waals surface area (Å²) in [4.78, 5) is 19.6. The molecule has 1 aliphatic carbocycles. The Morgan fingerprint density at radius 2 is 1.97 bits per heavy atom. The molecule has 0 radical (unpaired) electrons. The molecule has 11 heteroatoms. The molecular formula is C24H18ClF3N6O. The first-order valence-electron chi connectivity index (χ1n) is 10.9. The van der Waals surface area contributed by atoms with Crippen molar-refractivity contribution >= 4 is 28.7 Å². The minimum Gasteiger partial charge on any atom is -0.422 e. The highest BCUT2D eigenvalue weighted by atomic mass is 35.5. The first-order valence-corrected chi connectivity index (χ1v) is 11.2. The molecule has 1 aromatic carbocycles. The number of aromatic nitrogens is 4. The maximum Gasteiger partial charge on any atom is 0.416 e. The molecule has 0 spiro atoms. The number of benzene rings is 1. The molecule has 35 heavy (non-hydrogen) atoms. The summed E-state index contributed by atoms with van der Waals surface area (Å²) in [5.41, 5.74) is 1.31. The number of halogens is 4. The molecule has 1 unspecified atom stereocenters. The zero-order chi connectivity index (χ0) is 24.7. The number of nitrogens with zero attached hydrogens (tertiary/aromatic N) is 6. The Kier molecular flexibility index (Phi) is 5.81. The van der Waals surface area contributed by atoms with Crippen molar-refractivity contribution < 1.29 is 17.6 Å². The summed E-state index contributed by atoms with van der Waals surface area (Å²) >= 11 is 6.13. The van der Waals surface area contributed by atoms with Gasteiger partial charge in [0.25, 0.3) is 6.01 Å². The average molecular weight is 499 g/mol. The van der Waals surface area contributed by atoms with Crippen molar-refractivity contribution in [3.63, 3.8) is 0 Å². The van der Waals surface area contributed by atoms with Crippen LogP contribution < -0.4 is 4.90 Å². The number of anilines is 1. The lowest BCUT2D eigenvalue weighted by Crippen LogP contribution is -2.30. The highest BCUT2D eigenvalue weighted by Gasteiger charge is 2.34. The molecule has 7 nitrogen and oxygen atoms in total. The third-order valence-electron chi connectivity index (χ3n) is 5.88. The number of pyridine rings is 1. The van der Waals surface area contributed by atoms with Crippen LogP contribution in [0.4, 0.5) is 19.2 Å². The van der Waals surface area contributed by atoms with E-state index in [2.05, 4.69) is 19.9 Å². The number of rotatable bonds is 6. The molecule has 1 atom stereocenters. The molecule has 1 saturated carbocycles. The molecular weight excluding hydrogens is 481 g/mol. The Labute approximate surface area is 203 Å². The molecule has 0 N–H and O–H groups in total. The van der Waals surface area contributed by atoms with E-state index in [1.165, 1.54) is 6.20 Å². The van der Waals surface area contributed by atoms with Crippen molar-refractivity contribution in [2.45, 2.75) is 32.0 Å². The maximum absolute atomic E-state index is 13.3. The van der Waals surface area contributed by atoms with Gasteiger partial charge in [-0.1, -0.05) is 11.6 Å². The molecule has 1 fully saturated rings. The highest BCUT2D eigenvalue weighted by molar-refractivity contribution is 6.34. The SMILES string of the molecule is CC(c1nccnc1-c1ccc(C#N)cn1)N(CC1CC1)c1nc2cc(C(F)(F)F)cc(Cl)c2o1. The fourth-order valence-corrected chi connectivity index (χ4v) is 4.10. The van der Waals surface area contributed by atoms with Crippen molar-refractivity contribution in [3.05, 3.63) is 64.7 Å². The summed E-state index contributed by atoms with van der Waals surface area (Å²) in [5, 5.41) is 8.90. The molecule has 1 aliphatic rings. The minimum atomic E-state index is -4.56. The van der Waals surface area contributed by atoms with Crippen LogP contribution in [-0.2, 0) is 6.18 Å². The van der Waals surface area contributed by atoms with E-state index in [0.29, 0.717) is 35.1 Å². The van der Waals surface area contributed by atoms with Crippen LogP contribution in [0.2, 0.25) is 5.02 Å². The molecule has 4 aromatic rings. The topological polar surface area (TPSA) is 91.7 Å². The van der Waals surface area contributed by atoms with E-state index in [9.17, 15) is 13.2 Å². The van der Waals surface area contributed by atoms with E-state index < -0.39 is 17.8 Å². The number of fused-ring (bicyclic) bond motifs is 1. The Balaban J connectivity index is 1.57. The van der Waals surface area contributed by atoms with E-state index in [0.717, 1.165) is 25.0 Å². The van der Waals surface area contributed by atoms with Gasteiger partial charge < -0.3 is 9.32 Å². The van der Waals surface area contributed by atoms with Gasteiger partial charge in [0.1, 0.15) is 17.3 Å². The van der Waals surface area contributed by atoms with E-state index in [1.807, 2.05) is 17.9 Å². The second-order valence-corrected chi connectivity index (χ2v) is 8.81. The lowest BCUT2D eigenvalue weighted by Gasteiger charge is -2.28. The largest absolute Gasteiger partial charge is 0.422 e. The van der Waals surface area contributed by atoms with Crippen molar-refractivity contribution in [3.8, 4) is 17.5 Å². The lowest BCUT2D eigenvalue weighted by molar-refractivity contribution is -0.137. The molecule has 5 rings (SSSR count). The molecule has 0 amide bonds. The van der Waals surface area contributed by atoms with Crippen molar-refractivity contribution in [1.82, 2.24) is 19.9 Å². The summed E-state index contributed by atoms with van der Waals surface area (Å²) in [7, 11) is 0. The summed E-state index contributed by atoms with van der Waals surface area (Å²) in [6.07, 6.45) is 2.09. The number of hydrogen-bond donors (Lipinski definition) is 0. The van der Waals surface area contributed by atoms with Gasteiger partial charge in [-0.2, -0.15) is 23.4 Å². The average Bonchev–Trinajstić information content (AvgIpc) is 3.57. The number of oxazole rings is 1. The molecule has 0 saturated heterocycles. The van der Waals surface area contributed by atoms with Crippen LogP contribution in [0, 0.1) is 17.2 Å². The van der Waals surface area contributed by atoms with Gasteiger partial charge in [0.15, 0.2) is 5.58 Å². The van der Waals surface area contributed by atoms with E-state index in [1.54, 1.807) is 24.5 Å². The smallest absolute Gasteiger partial charge is 0.416 e. The minimum absolute atomic E-state index is 0.0287. The number of alkyl halides is 3. The molecule has 0 bridgehead atoms. The van der Waals surface area contributed by atoms with Gasteiger partial charge in [-0.25, -0.2) is 0 Å². The van der Waals surface area contributed by atoms with Crippen LogP contribution in [-0.4, -0.2) is 26.5 Å². The molecule has 3 aromatic heterocycles. The predicted molar refractivity (Wildman–Crippen MR) is 122 cm³/mol. The fourth-order valence-electron chi connectivity index (χ4n) is 3.85. The molecule has 0 aliphatic heterocycles. The number of hydrogen-bond acceptors (Lipinski definition) is 7. The Morgan fingerprint density at radius 1 is 1.20 bits per heavy atom. The van der Waals surface area contributed by atoms with Gasteiger partial charge in [0.2, 0.25) is 0 Å². The van der Waals surface area contributed by atoms with Crippen LogP contribution in [0.5, 0.6) is 0 Å². The Hall–Kier alpha value is -3.71. The second-order valence-electron chi connectivity index (χ2n) is 8.41. The van der Waals surface area contributed by atoms with Crippen LogP contribution in [0.3, 0.4) is 0 Å². The lowest BCUT2D eigenvalue weighted by atomic mass is 10.1. The third kappa shape index (κ3) is 4.64. The first kappa shape index (κ1) is 23.1. The second kappa shape index (κ2) is 8.82. The monoisotopic (exact) mass is 498 g/mol. The van der Waals surface area contributed by atoms with Gasteiger partial charge in [-0.3, -0.25) is 15.0 Å². The Bertz CT molecular complexity index is 1430. The summed E-state index contributed by atoms with van der Waals surface area (Å²) in [6, 6.07) is 6.91. The third-order valence-corrected chi connectivity index (χ3v) is 6.16. The van der Waals surface area contributed by atoms with Gasteiger partial charge in [0.05, 0.1) is 33.6 Å². The zero-order valence-corrected chi connectivity index (χ0v) is 19.2. The molecule has 3 heterocycles. The quantitative estimate of drug-likeness (QED) is 0.312. The summed E-state index contributed by atoms with van der Waals surface area (Å²) in [5.74, 6) is 0.404. The Morgan fingerprint density at radius 3 is 2.63 bits per heavy atom. The summed E-state index contributed by atoms with van der Waals surface area (Å²) in [6.45, 7) is 2.48. The van der Waals surface area contributed by atoms with E-state index in [4.69, 9.17) is 21.3 Å². The van der Waals surface area contributed by atoms with Crippen molar-refractivity contribution in [1.29, 1.82) is 5.26 Å². The van der Waals surface area contributed by atoms with Gasteiger partial charge in [0, 0.05) is 25.1 Å². The predicted octanol–water partition coefficient (Wildman–Crippen LogP) is 6.20. The van der Waals surface area contributed by atoms with Crippen LogP contribution in [0.25, 0.3) is 22.5 Å². The standard InChI is InChI=1S/C24H18ClF3N6O/c1-13(20-21(31-7-6-30-20)18-5-4-15(10-29)11-32-18)34(12-14-2-3-14)23-33-19-9-16(24(26,27)28)8-17(25)22(19)35-23/h4-9,11,13-14H,2-3,12H2,1H3. The van der Waals surface area contributed by atoms with Gasteiger partial charge >= 0.3 is 6.18 Å². The van der Waals surface area contributed by atoms with Gasteiger partial charge in [-0.05, 0) is 49.9 Å². The van der Waals surface area contributed by atoms with E-state index >= 15 is 0 Å². The maximum atomic E-state index is 13.3. The highest BCUT2D eigenvalue weighted by Crippen LogP contribution is 2.40. The van der Waals surface area contributed by atoms with E-state index in [-0.39, 0.29) is 22.1 Å². The zero-order valence-electron chi connectivity index (χ0n) is 18.4. The first-order chi connectivity index (χ1) is 16.7. The summed E-state index contributed by atoms with van der Waals surface area (Å²) < 4.78 is 45.7. The van der Waals surface area contributed by atoms with Crippen LogP contribution in [0.15, 0.2) is 47.3 Å². The molecule has 178 valence electrons.